The van der Waals surface area contributed by atoms with Gasteiger partial charge in [-0.3, -0.25) is 29.4 Å². The van der Waals surface area contributed by atoms with E-state index < -0.39 is 28.6 Å². The summed E-state index contributed by atoms with van der Waals surface area (Å²) in [5.41, 5.74) is 2.85. The summed E-state index contributed by atoms with van der Waals surface area (Å²) in [5, 5.41) is 10.5. The molecule has 2 heterocycles. The number of amides is 2. The molecule has 2 amide bonds. The number of aromatic nitrogens is 1. The summed E-state index contributed by atoms with van der Waals surface area (Å²) in [6.45, 7) is 5.04. The van der Waals surface area contributed by atoms with Crippen molar-refractivity contribution in [3.05, 3.63) is 62.3 Å². The third kappa shape index (κ3) is 4.13. The summed E-state index contributed by atoms with van der Waals surface area (Å²) < 4.78 is 6.64. The molecule has 2 aromatic rings. The lowest BCUT2D eigenvalue weighted by atomic mass is 10.2. The maximum absolute atomic E-state index is 12.6. The predicted molar refractivity (Wildman–Crippen MR) is 111 cm³/mol. The van der Waals surface area contributed by atoms with Crippen LogP contribution in [0.2, 0.25) is 0 Å². The quantitative estimate of drug-likeness (QED) is 0.298. The van der Waals surface area contributed by atoms with Crippen molar-refractivity contribution in [2.45, 2.75) is 20.8 Å². The van der Waals surface area contributed by atoms with E-state index in [1.165, 1.54) is 12.1 Å². The molecule has 9 nitrogen and oxygen atoms in total. The second-order valence-electron chi connectivity index (χ2n) is 6.51. The first-order valence-corrected chi connectivity index (χ1v) is 9.89. The van der Waals surface area contributed by atoms with Crippen LogP contribution >= 0.6 is 11.8 Å². The average Bonchev–Trinajstić information content (AvgIpc) is 3.12. The van der Waals surface area contributed by atoms with E-state index >= 15 is 0 Å². The first-order chi connectivity index (χ1) is 14.2. The van der Waals surface area contributed by atoms with Crippen molar-refractivity contribution in [3.63, 3.8) is 0 Å². The molecule has 0 atom stereocenters. The Labute approximate surface area is 176 Å². The topological polar surface area (TPSA) is 112 Å². The van der Waals surface area contributed by atoms with Gasteiger partial charge in [0, 0.05) is 23.5 Å². The van der Waals surface area contributed by atoms with Gasteiger partial charge in [-0.05, 0) is 56.3 Å². The zero-order chi connectivity index (χ0) is 22.0. The lowest BCUT2D eigenvalue weighted by Crippen LogP contribution is -2.34. The van der Waals surface area contributed by atoms with Crippen molar-refractivity contribution in [2.75, 3.05) is 13.2 Å². The molecule has 1 saturated heterocycles. The minimum absolute atomic E-state index is 0.0263. The Morgan fingerprint density at radius 1 is 1.27 bits per heavy atom. The van der Waals surface area contributed by atoms with E-state index in [0.29, 0.717) is 11.3 Å². The fourth-order valence-electron chi connectivity index (χ4n) is 3.19. The van der Waals surface area contributed by atoms with E-state index in [4.69, 9.17) is 4.74 Å². The Balaban J connectivity index is 1.92. The normalized spacial score (nSPS) is 15.2. The minimum Gasteiger partial charge on any atom is -0.465 e. The van der Waals surface area contributed by atoms with Gasteiger partial charge in [0.15, 0.2) is 0 Å². The van der Waals surface area contributed by atoms with Crippen LogP contribution in [0.15, 0.2) is 35.2 Å². The van der Waals surface area contributed by atoms with Gasteiger partial charge in [-0.1, -0.05) is 6.07 Å². The van der Waals surface area contributed by atoms with E-state index in [2.05, 4.69) is 0 Å². The fraction of sp³-hybridized carbons (Fsp3) is 0.250. The first-order valence-electron chi connectivity index (χ1n) is 9.07. The number of hydrogen-bond acceptors (Lipinski definition) is 7. The maximum Gasteiger partial charge on any atom is 0.326 e. The van der Waals surface area contributed by atoms with Crippen LogP contribution in [0, 0.1) is 24.0 Å². The number of carbonyl (C=O) groups is 3. The summed E-state index contributed by atoms with van der Waals surface area (Å²) in [6.07, 6.45) is 1.59. The average molecular weight is 429 g/mol. The lowest BCUT2D eigenvalue weighted by molar-refractivity contribution is -0.384. The summed E-state index contributed by atoms with van der Waals surface area (Å²) in [5.74, 6) is -1.21. The molecule has 3 rings (SSSR count). The first kappa shape index (κ1) is 21.3. The van der Waals surface area contributed by atoms with Crippen LogP contribution in [0.4, 0.5) is 10.5 Å². The third-order valence-electron chi connectivity index (χ3n) is 4.52. The van der Waals surface area contributed by atoms with Gasteiger partial charge >= 0.3 is 5.97 Å². The largest absolute Gasteiger partial charge is 0.465 e. The van der Waals surface area contributed by atoms with Gasteiger partial charge in [0.25, 0.3) is 16.8 Å². The Hall–Kier alpha value is -3.40. The number of esters is 1. The highest BCUT2D eigenvalue weighted by Gasteiger charge is 2.36. The summed E-state index contributed by atoms with van der Waals surface area (Å²) in [6, 6.07) is 8.07. The summed E-state index contributed by atoms with van der Waals surface area (Å²) in [7, 11) is 0. The second kappa shape index (κ2) is 8.54. The number of nitro benzene ring substituents is 1. The Kier molecular flexibility index (Phi) is 6.06. The van der Waals surface area contributed by atoms with Crippen molar-refractivity contribution in [1.29, 1.82) is 0 Å². The van der Waals surface area contributed by atoms with Gasteiger partial charge in [-0.15, -0.1) is 0 Å². The monoisotopic (exact) mass is 429 g/mol. The molecule has 0 unspecified atom stereocenters. The number of hydrogen-bond donors (Lipinski definition) is 0. The third-order valence-corrected chi connectivity index (χ3v) is 5.43. The van der Waals surface area contributed by atoms with E-state index in [-0.39, 0.29) is 17.2 Å². The standard InChI is InChI=1S/C20H19N3O6S/c1-4-29-18(24)11-21-19(25)17(30-20(21)26)9-14-8-12(2)22(13(14)3)15-6-5-7-16(10-15)23(27)28/h5-10H,4,11H2,1-3H3/b17-9-. The van der Waals surface area contributed by atoms with E-state index in [1.54, 1.807) is 25.1 Å². The van der Waals surface area contributed by atoms with Crippen LogP contribution in [0.5, 0.6) is 0 Å². The highest BCUT2D eigenvalue weighted by Crippen LogP contribution is 2.34. The molecule has 0 radical (unpaired) electrons. The van der Waals surface area contributed by atoms with E-state index in [9.17, 15) is 24.5 Å². The Morgan fingerprint density at radius 3 is 2.67 bits per heavy atom. The van der Waals surface area contributed by atoms with Crippen LogP contribution < -0.4 is 0 Å². The SMILES string of the molecule is CCOC(=O)CN1C(=O)S/C(=C\c2cc(C)n(-c3cccc([N+](=O)[O-])c3)c2C)C1=O. The number of nitro groups is 1. The number of nitrogens with zero attached hydrogens (tertiary/aromatic N) is 3. The van der Waals surface area contributed by atoms with Gasteiger partial charge in [0.1, 0.15) is 6.54 Å². The summed E-state index contributed by atoms with van der Waals surface area (Å²) in [4.78, 5) is 48.1. The van der Waals surface area contributed by atoms with Gasteiger partial charge in [0.05, 0.1) is 22.1 Å². The van der Waals surface area contributed by atoms with Crippen molar-refractivity contribution in [2.24, 2.45) is 0 Å². The lowest BCUT2D eigenvalue weighted by Gasteiger charge is -2.10. The van der Waals surface area contributed by atoms with Crippen molar-refractivity contribution in [1.82, 2.24) is 9.47 Å². The number of ether oxygens (including phenoxy) is 1. The molecule has 1 fully saturated rings. The molecule has 0 saturated carbocycles. The molecule has 1 aromatic carbocycles. The maximum atomic E-state index is 12.6. The molecule has 1 aliphatic rings. The molecule has 1 aliphatic heterocycles. The summed E-state index contributed by atoms with van der Waals surface area (Å²) >= 11 is 0.755. The molecule has 156 valence electrons. The van der Waals surface area contributed by atoms with Crippen molar-refractivity contribution >= 4 is 40.6 Å². The zero-order valence-electron chi connectivity index (χ0n) is 16.6. The minimum atomic E-state index is -0.648. The van der Waals surface area contributed by atoms with Gasteiger partial charge < -0.3 is 9.30 Å². The molecule has 10 heteroatoms. The fourth-order valence-corrected chi connectivity index (χ4v) is 4.02. The van der Waals surface area contributed by atoms with Crippen LogP contribution in [-0.2, 0) is 14.3 Å². The number of carbonyl (C=O) groups excluding carboxylic acids is 3. The van der Waals surface area contributed by atoms with Gasteiger partial charge in [-0.2, -0.15) is 0 Å². The van der Waals surface area contributed by atoms with Crippen LogP contribution in [-0.4, -0.2) is 44.7 Å². The Bertz CT molecular complexity index is 1090. The molecule has 0 spiro atoms. The number of rotatable bonds is 6. The molecule has 1 aromatic heterocycles. The molecule has 0 aliphatic carbocycles. The number of thioether (sulfide) groups is 1. The molecular weight excluding hydrogens is 410 g/mol. The number of imide groups is 1. The van der Waals surface area contributed by atoms with Crippen LogP contribution in [0.3, 0.4) is 0 Å². The predicted octanol–water partition coefficient (Wildman–Crippen LogP) is 3.60. The number of aryl methyl sites for hydroxylation is 1. The molecule has 0 N–H and O–H groups in total. The highest BCUT2D eigenvalue weighted by molar-refractivity contribution is 8.18. The van der Waals surface area contributed by atoms with Crippen molar-refractivity contribution in [3.8, 4) is 5.69 Å². The van der Waals surface area contributed by atoms with Crippen molar-refractivity contribution < 1.29 is 24.0 Å². The zero-order valence-corrected chi connectivity index (χ0v) is 17.4. The molecule has 30 heavy (non-hydrogen) atoms. The smallest absolute Gasteiger partial charge is 0.326 e. The van der Waals surface area contributed by atoms with Gasteiger partial charge in [0.2, 0.25) is 0 Å². The second-order valence-corrected chi connectivity index (χ2v) is 7.50. The number of benzene rings is 1. The van der Waals surface area contributed by atoms with E-state index in [1.807, 2.05) is 24.5 Å². The van der Waals surface area contributed by atoms with E-state index in [0.717, 1.165) is 28.0 Å². The molecular formula is C20H19N3O6S. The Morgan fingerprint density at radius 2 is 2.00 bits per heavy atom. The van der Waals surface area contributed by atoms with Crippen LogP contribution in [0.1, 0.15) is 23.9 Å². The highest BCUT2D eigenvalue weighted by atomic mass is 32.2. The van der Waals surface area contributed by atoms with Crippen LogP contribution in [0.25, 0.3) is 11.8 Å². The number of non-ortho nitro benzene ring substituents is 1. The molecule has 0 bridgehead atoms. The van der Waals surface area contributed by atoms with Gasteiger partial charge in [-0.25, -0.2) is 0 Å².